The number of hydrogen-bond donors (Lipinski definition) is 1. The van der Waals surface area contributed by atoms with Crippen molar-refractivity contribution in [3.63, 3.8) is 0 Å². The van der Waals surface area contributed by atoms with Gasteiger partial charge in [-0.1, -0.05) is 6.92 Å². The molecule has 0 aromatic carbocycles. The lowest BCUT2D eigenvalue weighted by molar-refractivity contribution is 0.0232. The van der Waals surface area contributed by atoms with E-state index in [0.29, 0.717) is 19.4 Å². The van der Waals surface area contributed by atoms with Crippen molar-refractivity contribution in [3.05, 3.63) is 15.9 Å². The van der Waals surface area contributed by atoms with E-state index < -0.39 is 5.60 Å². The summed E-state index contributed by atoms with van der Waals surface area (Å²) in [4.78, 5) is 0. The summed E-state index contributed by atoms with van der Waals surface area (Å²) in [6, 6.07) is 0. The molecule has 0 saturated heterocycles. The zero-order valence-electron chi connectivity index (χ0n) is 11.7. The van der Waals surface area contributed by atoms with Crippen LogP contribution in [0.15, 0.2) is 4.47 Å². The molecule has 0 aliphatic heterocycles. The summed E-state index contributed by atoms with van der Waals surface area (Å²) in [6.07, 6.45) is 2.09. The van der Waals surface area contributed by atoms with Crippen LogP contribution < -0.4 is 0 Å². The highest BCUT2D eigenvalue weighted by Gasteiger charge is 2.25. The van der Waals surface area contributed by atoms with Crippen molar-refractivity contribution in [2.45, 2.75) is 52.2 Å². The Morgan fingerprint density at radius 2 is 2.11 bits per heavy atom. The van der Waals surface area contributed by atoms with Gasteiger partial charge in [-0.05, 0) is 42.6 Å². The van der Waals surface area contributed by atoms with Crippen molar-refractivity contribution in [2.75, 3.05) is 13.7 Å². The number of aromatic nitrogens is 2. The minimum Gasteiger partial charge on any atom is -0.390 e. The molecule has 1 rings (SSSR count). The second-order valence-corrected chi connectivity index (χ2v) is 5.59. The summed E-state index contributed by atoms with van der Waals surface area (Å²) < 4.78 is 8.03. The first-order valence-corrected chi connectivity index (χ1v) is 7.19. The highest BCUT2D eigenvalue weighted by molar-refractivity contribution is 9.10. The van der Waals surface area contributed by atoms with Crippen LogP contribution in [0.3, 0.4) is 0 Å². The van der Waals surface area contributed by atoms with Gasteiger partial charge in [0.15, 0.2) is 0 Å². The maximum atomic E-state index is 10.4. The van der Waals surface area contributed by atoms with Crippen LogP contribution in [0, 0.1) is 0 Å². The zero-order chi connectivity index (χ0) is 13.8. The number of ether oxygens (including phenoxy) is 1. The van der Waals surface area contributed by atoms with Gasteiger partial charge in [-0.25, -0.2) is 0 Å². The van der Waals surface area contributed by atoms with Crippen LogP contribution in [0.5, 0.6) is 0 Å². The van der Waals surface area contributed by atoms with Gasteiger partial charge in [0.1, 0.15) is 0 Å². The first-order chi connectivity index (χ1) is 8.45. The molecule has 5 heteroatoms. The summed E-state index contributed by atoms with van der Waals surface area (Å²) >= 11 is 3.60. The van der Waals surface area contributed by atoms with Crippen LogP contribution in [0.2, 0.25) is 0 Å². The van der Waals surface area contributed by atoms with E-state index in [9.17, 15) is 5.11 Å². The fourth-order valence-electron chi connectivity index (χ4n) is 1.96. The molecule has 1 aromatic heterocycles. The topological polar surface area (TPSA) is 47.3 Å². The summed E-state index contributed by atoms with van der Waals surface area (Å²) in [5, 5.41) is 14.9. The molecule has 0 radical (unpaired) electrons. The van der Waals surface area contributed by atoms with E-state index in [0.717, 1.165) is 28.8 Å². The Kier molecular flexibility index (Phi) is 5.82. The normalized spacial score (nSPS) is 14.8. The highest BCUT2D eigenvalue weighted by Crippen LogP contribution is 2.27. The van der Waals surface area contributed by atoms with Crippen LogP contribution in [0.4, 0.5) is 0 Å². The van der Waals surface area contributed by atoms with E-state index in [-0.39, 0.29) is 0 Å². The van der Waals surface area contributed by atoms with Gasteiger partial charge in [0.05, 0.1) is 21.5 Å². The Morgan fingerprint density at radius 3 is 2.61 bits per heavy atom. The molecule has 18 heavy (non-hydrogen) atoms. The van der Waals surface area contributed by atoms with Gasteiger partial charge in [0.2, 0.25) is 0 Å². The van der Waals surface area contributed by atoms with Gasteiger partial charge in [-0.2, -0.15) is 5.10 Å². The quantitative estimate of drug-likeness (QED) is 0.840. The minimum absolute atomic E-state index is 0.561. The van der Waals surface area contributed by atoms with Gasteiger partial charge in [0.25, 0.3) is 0 Å². The highest BCUT2D eigenvalue weighted by atomic mass is 79.9. The van der Waals surface area contributed by atoms with Gasteiger partial charge >= 0.3 is 0 Å². The van der Waals surface area contributed by atoms with Crippen molar-refractivity contribution in [2.24, 2.45) is 0 Å². The fraction of sp³-hybridized carbons (Fsp3) is 0.769. The maximum Gasteiger partial charge on any atom is 0.0766 e. The van der Waals surface area contributed by atoms with Crippen molar-refractivity contribution in [1.82, 2.24) is 9.78 Å². The Labute approximate surface area is 117 Å². The molecule has 1 atom stereocenters. The summed E-state index contributed by atoms with van der Waals surface area (Å²) in [5.74, 6) is 0. The molecule has 1 aromatic rings. The monoisotopic (exact) mass is 318 g/mol. The Morgan fingerprint density at radius 1 is 1.44 bits per heavy atom. The van der Waals surface area contributed by atoms with Crippen LogP contribution in [-0.2, 0) is 24.1 Å². The first-order valence-electron chi connectivity index (χ1n) is 6.40. The number of aliphatic hydroxyl groups is 1. The molecule has 4 nitrogen and oxygen atoms in total. The molecule has 0 aliphatic carbocycles. The zero-order valence-corrected chi connectivity index (χ0v) is 13.2. The SMILES string of the molecule is CCc1nn(CC)c(CC(C)(O)CCOC)c1Br. The lowest BCUT2D eigenvalue weighted by Crippen LogP contribution is -2.30. The average molecular weight is 319 g/mol. The van der Waals surface area contributed by atoms with Crippen molar-refractivity contribution in [1.29, 1.82) is 0 Å². The average Bonchev–Trinajstić information content (AvgIpc) is 2.63. The van der Waals surface area contributed by atoms with Crippen molar-refractivity contribution < 1.29 is 9.84 Å². The number of methoxy groups -OCH3 is 1. The first kappa shape index (κ1) is 15.7. The minimum atomic E-state index is -0.767. The van der Waals surface area contributed by atoms with Gasteiger partial charge < -0.3 is 9.84 Å². The molecule has 0 aliphatic rings. The molecule has 0 saturated carbocycles. The van der Waals surface area contributed by atoms with Crippen LogP contribution in [0.25, 0.3) is 0 Å². The third kappa shape index (κ3) is 3.80. The molecule has 0 fully saturated rings. The van der Waals surface area contributed by atoms with E-state index >= 15 is 0 Å². The van der Waals surface area contributed by atoms with Gasteiger partial charge in [0, 0.05) is 26.7 Å². The van der Waals surface area contributed by atoms with Crippen LogP contribution in [0.1, 0.15) is 38.6 Å². The predicted molar refractivity (Wildman–Crippen MR) is 75.8 cm³/mol. The number of rotatable bonds is 7. The second kappa shape index (κ2) is 6.68. The third-order valence-electron chi connectivity index (χ3n) is 3.09. The van der Waals surface area contributed by atoms with E-state index in [1.807, 2.05) is 11.6 Å². The van der Waals surface area contributed by atoms with E-state index in [1.54, 1.807) is 7.11 Å². The molecule has 1 N–H and O–H groups in total. The van der Waals surface area contributed by atoms with E-state index in [2.05, 4.69) is 34.9 Å². The van der Waals surface area contributed by atoms with Crippen LogP contribution in [-0.4, -0.2) is 34.2 Å². The predicted octanol–water partition coefficient (Wildman–Crippen LogP) is 2.56. The van der Waals surface area contributed by atoms with Crippen molar-refractivity contribution >= 4 is 15.9 Å². The summed E-state index contributed by atoms with van der Waals surface area (Å²) in [7, 11) is 1.65. The number of hydrogen-bond acceptors (Lipinski definition) is 3. The summed E-state index contributed by atoms with van der Waals surface area (Å²) in [5.41, 5.74) is 1.35. The summed E-state index contributed by atoms with van der Waals surface area (Å²) in [6.45, 7) is 7.36. The standard InChI is InChI=1S/C13H23BrN2O2/c1-5-10-12(14)11(16(6-2)15-10)9-13(3,17)7-8-18-4/h17H,5-9H2,1-4H3. The maximum absolute atomic E-state index is 10.4. The van der Waals surface area contributed by atoms with Gasteiger partial charge in [-0.3, -0.25) is 4.68 Å². The molecule has 104 valence electrons. The molecule has 1 unspecified atom stereocenters. The lowest BCUT2D eigenvalue weighted by Gasteiger charge is -2.23. The second-order valence-electron chi connectivity index (χ2n) is 4.79. The molecular weight excluding hydrogens is 296 g/mol. The van der Waals surface area contributed by atoms with Gasteiger partial charge in [-0.15, -0.1) is 0 Å². The molecular formula is C13H23BrN2O2. The van der Waals surface area contributed by atoms with Crippen LogP contribution >= 0.6 is 15.9 Å². The molecule has 1 heterocycles. The Balaban J connectivity index is 2.91. The number of aryl methyl sites for hydroxylation is 2. The number of halogens is 1. The largest absolute Gasteiger partial charge is 0.390 e. The molecule has 0 spiro atoms. The van der Waals surface area contributed by atoms with E-state index in [4.69, 9.17) is 4.74 Å². The molecule has 0 bridgehead atoms. The number of nitrogens with zero attached hydrogens (tertiary/aromatic N) is 2. The third-order valence-corrected chi connectivity index (χ3v) is 4.00. The fourth-order valence-corrected chi connectivity index (χ4v) is 2.66. The van der Waals surface area contributed by atoms with E-state index in [1.165, 1.54) is 0 Å². The Bertz CT molecular complexity index is 389. The van der Waals surface area contributed by atoms with Crippen molar-refractivity contribution in [3.8, 4) is 0 Å². The lowest BCUT2D eigenvalue weighted by atomic mass is 9.96. The molecule has 0 amide bonds. The Hall–Kier alpha value is -0.390. The smallest absolute Gasteiger partial charge is 0.0766 e.